The molecule has 1 saturated heterocycles. The smallest absolute Gasteiger partial charge is 0.170 e. The number of hydrogen-bond donors (Lipinski definition) is 2. The van der Waals surface area contributed by atoms with E-state index in [9.17, 15) is 10.3 Å². The van der Waals surface area contributed by atoms with Crippen LogP contribution in [0.25, 0.3) is 10.9 Å². The fraction of sp³-hybridized carbons (Fsp3) is 0.500. The molecule has 3 heterocycles. The monoisotopic (exact) mass is 362 g/mol. The second-order valence-electron chi connectivity index (χ2n) is 7.05. The van der Waals surface area contributed by atoms with E-state index in [2.05, 4.69) is 17.1 Å². The molecular formula is C18H23FN4O3. The lowest BCUT2D eigenvalue weighted by molar-refractivity contribution is 0.241. The SMILES string of the molecule is CC1COc2c(N3CCN(C)CC3)c(F)cc3c(=NO)c(CO)cn1c23. The van der Waals surface area contributed by atoms with Crippen LogP contribution in [-0.2, 0) is 6.61 Å². The Hall–Kier alpha value is -2.32. The molecule has 0 aliphatic carbocycles. The number of piperazine rings is 1. The van der Waals surface area contributed by atoms with Crippen LogP contribution in [0.3, 0.4) is 0 Å². The molecule has 2 aliphatic rings. The number of ether oxygens (including phenoxy) is 1. The Labute approximate surface area is 150 Å². The lowest BCUT2D eigenvalue weighted by atomic mass is 10.1. The molecule has 0 spiro atoms. The Bertz CT molecular complexity index is 919. The maximum atomic E-state index is 15.1. The zero-order chi connectivity index (χ0) is 18.4. The molecule has 2 aliphatic heterocycles. The van der Waals surface area contributed by atoms with Gasteiger partial charge in [0.2, 0.25) is 0 Å². The van der Waals surface area contributed by atoms with Crippen LogP contribution in [0.1, 0.15) is 18.5 Å². The molecule has 7 nitrogen and oxygen atoms in total. The highest BCUT2D eigenvalue weighted by atomic mass is 19.1. The molecule has 140 valence electrons. The third kappa shape index (κ3) is 2.52. The molecule has 4 rings (SSSR count). The van der Waals surface area contributed by atoms with E-state index in [1.807, 2.05) is 16.4 Å². The van der Waals surface area contributed by atoms with Gasteiger partial charge in [0.1, 0.15) is 17.7 Å². The Morgan fingerprint density at radius 2 is 2.04 bits per heavy atom. The number of hydrogen-bond acceptors (Lipinski definition) is 6. The molecule has 2 N–H and O–H groups in total. The summed E-state index contributed by atoms with van der Waals surface area (Å²) >= 11 is 0. The summed E-state index contributed by atoms with van der Waals surface area (Å²) in [6, 6.07) is 1.41. The van der Waals surface area contributed by atoms with Crippen molar-refractivity contribution in [1.29, 1.82) is 0 Å². The highest BCUT2D eigenvalue weighted by Gasteiger charge is 2.29. The van der Waals surface area contributed by atoms with Crippen LogP contribution in [0, 0.1) is 5.82 Å². The minimum atomic E-state index is -0.404. The molecule has 0 bridgehead atoms. The number of aliphatic hydroxyl groups is 1. The maximum absolute atomic E-state index is 15.1. The summed E-state index contributed by atoms with van der Waals surface area (Å²) in [5.41, 5.74) is 1.61. The normalized spacial score (nSPS) is 21.3. The lowest BCUT2D eigenvalue weighted by Crippen LogP contribution is -2.45. The Morgan fingerprint density at radius 3 is 2.69 bits per heavy atom. The van der Waals surface area contributed by atoms with Gasteiger partial charge in [-0.2, -0.15) is 0 Å². The first-order valence-electron chi connectivity index (χ1n) is 8.80. The van der Waals surface area contributed by atoms with Crippen molar-refractivity contribution in [2.45, 2.75) is 19.6 Å². The number of benzene rings is 1. The number of rotatable bonds is 2. The first-order chi connectivity index (χ1) is 12.5. The molecule has 1 atom stereocenters. The number of anilines is 1. The minimum Gasteiger partial charge on any atom is -0.487 e. The standard InChI is InChI=1S/C18H23FN4O3/c1-11-10-26-18-16-13(15(20-25)12(9-24)8-23(11)16)7-14(19)17(18)22-5-3-21(2)4-6-22/h7-8,11,24-25H,3-6,9-10H2,1-2H3. The topological polar surface area (TPSA) is 73.5 Å². The molecular weight excluding hydrogens is 339 g/mol. The predicted molar refractivity (Wildman–Crippen MR) is 95.1 cm³/mol. The first-order valence-corrected chi connectivity index (χ1v) is 8.80. The van der Waals surface area contributed by atoms with E-state index in [1.165, 1.54) is 6.07 Å². The highest BCUT2D eigenvalue weighted by Crippen LogP contribution is 2.42. The van der Waals surface area contributed by atoms with Gasteiger partial charge >= 0.3 is 0 Å². The number of aromatic nitrogens is 1. The molecule has 0 saturated carbocycles. The van der Waals surface area contributed by atoms with Gasteiger partial charge in [0.05, 0.1) is 18.2 Å². The molecule has 0 radical (unpaired) electrons. The zero-order valence-electron chi connectivity index (χ0n) is 14.9. The van der Waals surface area contributed by atoms with Crippen molar-refractivity contribution in [1.82, 2.24) is 9.47 Å². The predicted octanol–water partition coefficient (Wildman–Crippen LogP) is 1.27. The fourth-order valence-corrected chi connectivity index (χ4v) is 3.84. The summed E-state index contributed by atoms with van der Waals surface area (Å²) in [5.74, 6) is 0.0789. The summed E-state index contributed by atoms with van der Waals surface area (Å²) in [4.78, 5) is 4.22. The van der Waals surface area contributed by atoms with Crippen LogP contribution in [-0.4, -0.2) is 59.6 Å². The van der Waals surface area contributed by atoms with Gasteiger partial charge in [-0.25, -0.2) is 4.39 Å². The lowest BCUT2D eigenvalue weighted by Gasteiger charge is -2.37. The second-order valence-corrected chi connectivity index (χ2v) is 7.05. The number of aliphatic hydroxyl groups excluding tert-OH is 1. The minimum absolute atomic E-state index is 0.0221. The van der Waals surface area contributed by atoms with E-state index in [0.29, 0.717) is 34.5 Å². The van der Waals surface area contributed by atoms with E-state index >= 15 is 4.39 Å². The van der Waals surface area contributed by atoms with Gasteiger partial charge in [-0.15, -0.1) is 0 Å². The Morgan fingerprint density at radius 1 is 1.31 bits per heavy atom. The largest absolute Gasteiger partial charge is 0.487 e. The molecule has 0 amide bonds. The zero-order valence-corrected chi connectivity index (χ0v) is 14.9. The van der Waals surface area contributed by atoms with Gasteiger partial charge < -0.3 is 29.4 Å². The molecule has 1 aromatic carbocycles. The van der Waals surface area contributed by atoms with Crippen molar-refractivity contribution in [2.24, 2.45) is 5.16 Å². The average Bonchev–Trinajstić information content (AvgIpc) is 2.64. The molecule has 26 heavy (non-hydrogen) atoms. The third-order valence-corrected chi connectivity index (χ3v) is 5.33. The average molecular weight is 362 g/mol. The summed E-state index contributed by atoms with van der Waals surface area (Å²) in [7, 11) is 2.05. The van der Waals surface area contributed by atoms with E-state index in [0.717, 1.165) is 26.2 Å². The van der Waals surface area contributed by atoms with E-state index in [1.54, 1.807) is 6.20 Å². The number of pyridine rings is 1. The number of nitrogens with zero attached hydrogens (tertiary/aromatic N) is 4. The Balaban J connectivity index is 2.02. The van der Waals surface area contributed by atoms with Crippen molar-refractivity contribution in [3.05, 3.63) is 29.0 Å². The molecule has 2 aromatic rings. The van der Waals surface area contributed by atoms with Gasteiger partial charge in [0.25, 0.3) is 0 Å². The number of halogens is 1. The second kappa shape index (κ2) is 6.44. The molecule has 8 heteroatoms. The highest BCUT2D eigenvalue weighted by molar-refractivity contribution is 5.92. The fourth-order valence-electron chi connectivity index (χ4n) is 3.84. The first kappa shape index (κ1) is 17.1. The summed E-state index contributed by atoms with van der Waals surface area (Å²) in [6.07, 6.45) is 1.76. The van der Waals surface area contributed by atoms with Crippen LogP contribution >= 0.6 is 0 Å². The van der Waals surface area contributed by atoms with Crippen molar-refractivity contribution >= 4 is 16.6 Å². The third-order valence-electron chi connectivity index (χ3n) is 5.33. The quantitative estimate of drug-likeness (QED) is 0.622. The van der Waals surface area contributed by atoms with Crippen LogP contribution in [0.5, 0.6) is 5.75 Å². The van der Waals surface area contributed by atoms with Crippen molar-refractivity contribution in [2.75, 3.05) is 44.7 Å². The number of likely N-dealkylation sites (N-methyl/N-ethyl adjacent to an activating group) is 1. The van der Waals surface area contributed by atoms with Gasteiger partial charge in [-0.05, 0) is 20.0 Å². The van der Waals surface area contributed by atoms with E-state index in [4.69, 9.17) is 4.74 Å². The van der Waals surface area contributed by atoms with E-state index < -0.39 is 5.82 Å². The molecule has 1 unspecified atom stereocenters. The van der Waals surface area contributed by atoms with Gasteiger partial charge in [-0.1, -0.05) is 5.16 Å². The van der Waals surface area contributed by atoms with Crippen LogP contribution in [0.2, 0.25) is 0 Å². The van der Waals surface area contributed by atoms with Gasteiger partial charge in [0, 0.05) is 43.3 Å². The van der Waals surface area contributed by atoms with Crippen LogP contribution < -0.4 is 15.0 Å². The van der Waals surface area contributed by atoms with Crippen molar-refractivity contribution in [3.8, 4) is 5.75 Å². The van der Waals surface area contributed by atoms with Crippen molar-refractivity contribution < 1.29 is 19.4 Å². The molecule has 1 aromatic heterocycles. The summed E-state index contributed by atoms with van der Waals surface area (Å²) in [6.45, 7) is 5.27. The van der Waals surface area contributed by atoms with Crippen LogP contribution in [0.4, 0.5) is 10.1 Å². The van der Waals surface area contributed by atoms with Gasteiger partial charge in [-0.3, -0.25) is 0 Å². The maximum Gasteiger partial charge on any atom is 0.170 e. The van der Waals surface area contributed by atoms with Gasteiger partial charge in [0.15, 0.2) is 11.6 Å². The van der Waals surface area contributed by atoms with Crippen molar-refractivity contribution in [3.63, 3.8) is 0 Å². The molecule has 1 fully saturated rings. The van der Waals surface area contributed by atoms with Crippen LogP contribution in [0.15, 0.2) is 17.4 Å². The van der Waals surface area contributed by atoms with E-state index in [-0.39, 0.29) is 18.0 Å². The summed E-state index contributed by atoms with van der Waals surface area (Å²) in [5, 5.41) is 23.0. The Kier molecular flexibility index (Phi) is 4.24. The summed E-state index contributed by atoms with van der Waals surface area (Å²) < 4.78 is 23.1.